The van der Waals surface area contributed by atoms with Crippen molar-refractivity contribution in [1.29, 1.82) is 0 Å². The quantitative estimate of drug-likeness (QED) is 0.770. The van der Waals surface area contributed by atoms with Gasteiger partial charge in [0.15, 0.2) is 6.61 Å². The molecule has 0 aliphatic carbocycles. The molecule has 1 amide bonds. The molecule has 2 aromatic carbocycles. The van der Waals surface area contributed by atoms with Crippen LogP contribution in [0.1, 0.15) is 24.7 Å². The second kappa shape index (κ2) is 6.76. The van der Waals surface area contributed by atoms with Crippen LogP contribution in [0.25, 0.3) is 11.0 Å². The number of ether oxygens (including phenoxy) is 1. The number of rotatable bonds is 4. The predicted molar refractivity (Wildman–Crippen MR) is 96.7 cm³/mol. The van der Waals surface area contributed by atoms with Crippen molar-refractivity contribution in [3.8, 4) is 5.75 Å². The summed E-state index contributed by atoms with van der Waals surface area (Å²) in [6.07, 6.45) is 1.88. The third-order valence-corrected chi connectivity index (χ3v) is 4.72. The van der Waals surface area contributed by atoms with E-state index in [9.17, 15) is 4.79 Å². The summed E-state index contributed by atoms with van der Waals surface area (Å²) in [5, 5.41) is 0.642. The van der Waals surface area contributed by atoms with E-state index in [2.05, 4.69) is 9.97 Å². The number of aromatic nitrogens is 2. The molecule has 0 radical (unpaired) electrons. The number of imidazole rings is 1. The molecule has 1 aliphatic rings. The molecule has 1 aliphatic heterocycles. The van der Waals surface area contributed by atoms with Gasteiger partial charge in [-0.05, 0) is 49.2 Å². The molecular formula is C19H18ClN3O2. The summed E-state index contributed by atoms with van der Waals surface area (Å²) in [5.41, 5.74) is 1.92. The van der Waals surface area contributed by atoms with Crippen molar-refractivity contribution < 1.29 is 9.53 Å². The number of nitrogens with one attached hydrogen (secondary N) is 1. The molecule has 1 aromatic heterocycles. The number of amides is 1. The van der Waals surface area contributed by atoms with Gasteiger partial charge in [-0.2, -0.15) is 0 Å². The van der Waals surface area contributed by atoms with E-state index in [1.165, 1.54) is 0 Å². The minimum absolute atomic E-state index is 0.0123. The highest BCUT2D eigenvalue weighted by Crippen LogP contribution is 2.31. The lowest BCUT2D eigenvalue weighted by Crippen LogP contribution is -2.34. The Balaban J connectivity index is 1.46. The van der Waals surface area contributed by atoms with Gasteiger partial charge in [0.05, 0.1) is 17.1 Å². The fraction of sp³-hybridized carbons (Fsp3) is 0.263. The lowest BCUT2D eigenvalue weighted by atomic mass is 10.2. The molecule has 4 rings (SSSR count). The van der Waals surface area contributed by atoms with Gasteiger partial charge in [0, 0.05) is 11.6 Å². The molecule has 3 aromatic rings. The largest absolute Gasteiger partial charge is 0.484 e. The number of carbonyl (C=O) groups is 1. The van der Waals surface area contributed by atoms with Crippen LogP contribution in [0, 0.1) is 0 Å². The molecule has 0 spiro atoms. The van der Waals surface area contributed by atoms with Crippen molar-refractivity contribution in [2.24, 2.45) is 0 Å². The minimum atomic E-state index is -0.0297. The van der Waals surface area contributed by atoms with E-state index in [1.807, 2.05) is 29.2 Å². The molecule has 1 N–H and O–H groups in total. The van der Waals surface area contributed by atoms with Crippen LogP contribution in [-0.2, 0) is 4.79 Å². The van der Waals surface area contributed by atoms with Crippen LogP contribution in [0.4, 0.5) is 0 Å². The Morgan fingerprint density at radius 2 is 2.04 bits per heavy atom. The summed E-state index contributed by atoms with van der Waals surface area (Å²) in [4.78, 5) is 22.5. The van der Waals surface area contributed by atoms with Crippen molar-refractivity contribution >= 4 is 28.5 Å². The van der Waals surface area contributed by atoms with Crippen LogP contribution >= 0.6 is 11.6 Å². The third-order valence-electron chi connectivity index (χ3n) is 4.47. The van der Waals surface area contributed by atoms with E-state index in [0.29, 0.717) is 10.8 Å². The molecule has 1 saturated heterocycles. The van der Waals surface area contributed by atoms with Gasteiger partial charge in [-0.25, -0.2) is 4.98 Å². The number of aromatic amines is 1. The maximum Gasteiger partial charge on any atom is 0.261 e. The smallest absolute Gasteiger partial charge is 0.261 e. The van der Waals surface area contributed by atoms with Crippen LogP contribution in [0.5, 0.6) is 5.75 Å². The Kier molecular flexibility index (Phi) is 4.32. The molecule has 1 atom stereocenters. The van der Waals surface area contributed by atoms with Gasteiger partial charge in [-0.3, -0.25) is 4.79 Å². The van der Waals surface area contributed by atoms with Gasteiger partial charge in [0.2, 0.25) is 0 Å². The standard InChI is InChI=1S/C19H18ClN3O2/c20-13-7-9-14(10-8-13)25-12-18(24)23-11-3-6-17(23)19-21-15-4-1-2-5-16(15)22-19/h1-2,4-5,7-10,17H,3,6,11-12H2,(H,21,22). The maximum atomic E-state index is 12.6. The lowest BCUT2D eigenvalue weighted by molar-refractivity contribution is -0.134. The number of carbonyl (C=O) groups excluding carboxylic acids is 1. The van der Waals surface area contributed by atoms with E-state index >= 15 is 0 Å². The van der Waals surface area contributed by atoms with E-state index in [-0.39, 0.29) is 18.6 Å². The monoisotopic (exact) mass is 355 g/mol. The van der Waals surface area contributed by atoms with Gasteiger partial charge in [0.25, 0.3) is 5.91 Å². The summed E-state index contributed by atoms with van der Waals surface area (Å²) in [6.45, 7) is 0.739. The number of para-hydroxylation sites is 2. The van der Waals surface area contributed by atoms with E-state index < -0.39 is 0 Å². The molecule has 25 heavy (non-hydrogen) atoms. The fourth-order valence-corrected chi connectivity index (χ4v) is 3.36. The molecule has 0 bridgehead atoms. The number of nitrogens with zero attached hydrogens (tertiary/aromatic N) is 2. The van der Waals surface area contributed by atoms with Crippen LogP contribution < -0.4 is 4.74 Å². The Bertz CT molecular complexity index is 858. The van der Waals surface area contributed by atoms with E-state index in [0.717, 1.165) is 36.2 Å². The molecule has 2 heterocycles. The zero-order valence-electron chi connectivity index (χ0n) is 13.6. The van der Waals surface area contributed by atoms with E-state index in [1.54, 1.807) is 24.3 Å². The SMILES string of the molecule is O=C(COc1ccc(Cl)cc1)N1CCCC1c1nc2ccccc2[nH]1. The zero-order valence-corrected chi connectivity index (χ0v) is 14.4. The van der Waals surface area contributed by atoms with Gasteiger partial charge in [-0.1, -0.05) is 23.7 Å². The number of fused-ring (bicyclic) bond motifs is 1. The van der Waals surface area contributed by atoms with Crippen LogP contribution in [0.2, 0.25) is 5.02 Å². The Morgan fingerprint density at radius 1 is 1.24 bits per heavy atom. The van der Waals surface area contributed by atoms with E-state index in [4.69, 9.17) is 16.3 Å². The topological polar surface area (TPSA) is 58.2 Å². The average molecular weight is 356 g/mol. The summed E-state index contributed by atoms with van der Waals surface area (Å²) in [7, 11) is 0. The second-order valence-electron chi connectivity index (χ2n) is 6.13. The van der Waals surface area contributed by atoms with Crippen LogP contribution in [0.15, 0.2) is 48.5 Å². The Hall–Kier alpha value is -2.53. The van der Waals surface area contributed by atoms with Crippen molar-refractivity contribution in [2.75, 3.05) is 13.2 Å². The zero-order chi connectivity index (χ0) is 17.2. The molecule has 128 valence electrons. The first kappa shape index (κ1) is 16.0. The van der Waals surface area contributed by atoms with Gasteiger partial charge in [0.1, 0.15) is 11.6 Å². The highest BCUT2D eigenvalue weighted by Gasteiger charge is 2.32. The van der Waals surface area contributed by atoms with Crippen LogP contribution in [-0.4, -0.2) is 33.9 Å². The molecule has 0 saturated carbocycles. The number of hydrogen-bond donors (Lipinski definition) is 1. The van der Waals surface area contributed by atoms with Crippen LogP contribution in [0.3, 0.4) is 0 Å². The number of likely N-dealkylation sites (tertiary alicyclic amines) is 1. The molecule has 1 unspecified atom stereocenters. The first-order valence-corrected chi connectivity index (χ1v) is 8.71. The summed E-state index contributed by atoms with van der Waals surface area (Å²) < 4.78 is 5.60. The highest BCUT2D eigenvalue weighted by atomic mass is 35.5. The Labute approximate surface area is 150 Å². The summed E-state index contributed by atoms with van der Waals surface area (Å²) >= 11 is 5.86. The van der Waals surface area contributed by atoms with Crippen molar-refractivity contribution in [3.05, 3.63) is 59.4 Å². The fourth-order valence-electron chi connectivity index (χ4n) is 3.24. The minimum Gasteiger partial charge on any atom is -0.484 e. The average Bonchev–Trinajstić information content (AvgIpc) is 3.27. The molecule has 5 nitrogen and oxygen atoms in total. The first-order chi connectivity index (χ1) is 12.2. The number of halogens is 1. The molecule has 1 fully saturated rings. The van der Waals surface area contributed by atoms with Crippen molar-refractivity contribution in [3.63, 3.8) is 0 Å². The van der Waals surface area contributed by atoms with Gasteiger partial charge in [-0.15, -0.1) is 0 Å². The summed E-state index contributed by atoms with van der Waals surface area (Å²) in [5.74, 6) is 1.45. The first-order valence-electron chi connectivity index (χ1n) is 8.33. The lowest BCUT2D eigenvalue weighted by Gasteiger charge is -2.23. The predicted octanol–water partition coefficient (Wildman–Crippen LogP) is 3.96. The normalized spacial score (nSPS) is 17.2. The van der Waals surface area contributed by atoms with Gasteiger partial charge >= 0.3 is 0 Å². The molecule has 6 heteroatoms. The van der Waals surface area contributed by atoms with Crippen molar-refractivity contribution in [2.45, 2.75) is 18.9 Å². The van der Waals surface area contributed by atoms with Gasteiger partial charge < -0.3 is 14.6 Å². The Morgan fingerprint density at radius 3 is 2.84 bits per heavy atom. The number of H-pyrrole nitrogens is 1. The summed E-state index contributed by atoms with van der Waals surface area (Å²) in [6, 6.07) is 14.9. The van der Waals surface area contributed by atoms with Crippen molar-refractivity contribution in [1.82, 2.24) is 14.9 Å². The highest BCUT2D eigenvalue weighted by molar-refractivity contribution is 6.30. The number of benzene rings is 2. The molecular weight excluding hydrogens is 338 g/mol. The second-order valence-corrected chi connectivity index (χ2v) is 6.56. The third kappa shape index (κ3) is 3.33. The maximum absolute atomic E-state index is 12.6. The number of hydrogen-bond acceptors (Lipinski definition) is 3.